The number of halogens is 2. The second kappa shape index (κ2) is 14.4. The average Bonchev–Trinajstić information content (AvgIpc) is 2.91. The van der Waals surface area contributed by atoms with Gasteiger partial charge in [0.05, 0.1) is 24.6 Å². The Morgan fingerprint density at radius 1 is 1.05 bits per heavy atom. The number of aromatic nitrogens is 1. The van der Waals surface area contributed by atoms with Gasteiger partial charge in [0.15, 0.2) is 11.6 Å². The second-order valence-corrected chi connectivity index (χ2v) is 11.3. The van der Waals surface area contributed by atoms with Crippen molar-refractivity contribution in [3.63, 3.8) is 0 Å². The maximum absolute atomic E-state index is 13.9. The van der Waals surface area contributed by atoms with Crippen molar-refractivity contribution in [2.24, 2.45) is 5.92 Å². The van der Waals surface area contributed by atoms with Crippen molar-refractivity contribution in [2.75, 3.05) is 18.6 Å². The van der Waals surface area contributed by atoms with Crippen molar-refractivity contribution in [1.29, 1.82) is 0 Å². The largest absolute Gasteiger partial charge is 0.494 e. The van der Waals surface area contributed by atoms with Crippen LogP contribution in [0.15, 0.2) is 30.5 Å². The molecule has 2 heterocycles. The first-order valence-corrected chi connectivity index (χ1v) is 14.4. The fraction of sp³-hybridized carbons (Fsp3) is 0.517. The van der Waals surface area contributed by atoms with Gasteiger partial charge in [-0.05, 0) is 87.1 Å². The van der Waals surface area contributed by atoms with Crippen molar-refractivity contribution in [1.82, 2.24) is 15.2 Å². The number of nitrogens with zero attached hydrogens (tertiary/aromatic N) is 2. The van der Waals surface area contributed by atoms with Crippen molar-refractivity contribution in [3.8, 4) is 5.75 Å². The molecular formula is C29H37F2N3O4S. The lowest BCUT2D eigenvalue weighted by molar-refractivity contribution is -0.128. The zero-order valence-corrected chi connectivity index (χ0v) is 23.8. The van der Waals surface area contributed by atoms with Gasteiger partial charge in [0.2, 0.25) is 5.91 Å². The summed E-state index contributed by atoms with van der Waals surface area (Å²) in [5.41, 5.74) is 0.576. The van der Waals surface area contributed by atoms with Crippen LogP contribution in [-0.2, 0) is 4.79 Å². The molecule has 39 heavy (non-hydrogen) atoms. The molecule has 1 N–H and O–H groups in total. The maximum Gasteiger partial charge on any atom is 0.262 e. The van der Waals surface area contributed by atoms with Crippen molar-refractivity contribution < 1.29 is 27.9 Å². The Hall–Kier alpha value is -3.01. The predicted octanol–water partition coefficient (Wildman–Crippen LogP) is 5.56. The van der Waals surface area contributed by atoms with Crippen LogP contribution in [0.2, 0.25) is 0 Å². The molecule has 1 aliphatic heterocycles. The number of pyridine rings is 1. The molecule has 212 valence electrons. The molecule has 0 atom stereocenters. The van der Waals surface area contributed by atoms with Gasteiger partial charge in [-0.1, -0.05) is 6.92 Å². The van der Waals surface area contributed by atoms with Crippen LogP contribution in [0.4, 0.5) is 8.78 Å². The molecule has 2 aliphatic rings. The van der Waals surface area contributed by atoms with Crippen LogP contribution < -0.4 is 10.1 Å². The SMILES string of the molecule is CC1CCSCC1.COc1ccc(C(=O)NC2CCC(N(C(C)=O)C(=O)c3cc(F)cnc3C)CC2)cc1F. The average molecular weight is 562 g/mol. The third-order valence-corrected chi connectivity index (χ3v) is 8.21. The molecule has 0 radical (unpaired) electrons. The molecule has 0 bridgehead atoms. The number of methoxy groups -OCH3 is 1. The number of hydrogen-bond donors (Lipinski definition) is 1. The number of carbonyl (C=O) groups excluding carboxylic acids is 3. The van der Waals surface area contributed by atoms with E-state index in [1.165, 1.54) is 50.5 Å². The Balaban J connectivity index is 0.000000520. The highest BCUT2D eigenvalue weighted by molar-refractivity contribution is 7.99. The maximum atomic E-state index is 13.9. The first-order valence-electron chi connectivity index (χ1n) is 13.3. The quantitative estimate of drug-likeness (QED) is 0.515. The lowest BCUT2D eigenvalue weighted by Gasteiger charge is -2.35. The smallest absolute Gasteiger partial charge is 0.262 e. The van der Waals surface area contributed by atoms with Gasteiger partial charge in [0, 0.05) is 24.6 Å². The van der Waals surface area contributed by atoms with E-state index in [0.29, 0.717) is 31.4 Å². The van der Waals surface area contributed by atoms with E-state index in [4.69, 9.17) is 4.74 Å². The minimum atomic E-state index is -0.649. The molecular weight excluding hydrogens is 524 g/mol. The molecule has 2 fully saturated rings. The lowest BCUT2D eigenvalue weighted by Crippen LogP contribution is -2.48. The molecule has 1 aliphatic carbocycles. The first kappa shape index (κ1) is 30.5. The summed E-state index contributed by atoms with van der Waals surface area (Å²) in [5.74, 6) is 1.19. The molecule has 0 unspecified atom stereocenters. The Kier molecular flexibility index (Phi) is 11.3. The van der Waals surface area contributed by atoms with Crippen molar-refractivity contribution in [3.05, 3.63) is 58.9 Å². The monoisotopic (exact) mass is 561 g/mol. The van der Waals surface area contributed by atoms with E-state index in [1.807, 2.05) is 0 Å². The summed E-state index contributed by atoms with van der Waals surface area (Å²) in [6.07, 6.45) is 5.95. The minimum Gasteiger partial charge on any atom is -0.494 e. The summed E-state index contributed by atoms with van der Waals surface area (Å²) in [4.78, 5) is 42.7. The fourth-order valence-electron chi connectivity index (χ4n) is 4.79. The molecule has 2 aromatic rings. The second-order valence-electron chi connectivity index (χ2n) is 10.1. The van der Waals surface area contributed by atoms with E-state index in [-0.39, 0.29) is 29.0 Å². The number of carbonyl (C=O) groups is 3. The van der Waals surface area contributed by atoms with E-state index in [9.17, 15) is 23.2 Å². The zero-order valence-electron chi connectivity index (χ0n) is 23.0. The highest BCUT2D eigenvalue weighted by Gasteiger charge is 2.33. The van der Waals surface area contributed by atoms with Gasteiger partial charge in [-0.25, -0.2) is 8.78 Å². The normalized spacial score (nSPS) is 19.3. The van der Waals surface area contributed by atoms with Gasteiger partial charge in [-0.2, -0.15) is 11.8 Å². The van der Waals surface area contributed by atoms with E-state index in [1.54, 1.807) is 6.92 Å². The minimum absolute atomic E-state index is 0.0529. The van der Waals surface area contributed by atoms with Crippen LogP contribution >= 0.6 is 11.8 Å². The van der Waals surface area contributed by atoms with Crippen LogP contribution in [0.3, 0.4) is 0 Å². The number of aryl methyl sites for hydroxylation is 1. The fourth-order valence-corrected chi connectivity index (χ4v) is 6.13. The standard InChI is InChI=1S/C23H25F2N3O4.C6H12S/c1-13-19(11-16(24)12-26-13)23(31)28(14(2)29)18-7-5-17(6-8-18)27-22(30)15-4-9-21(32-3)20(25)10-15;1-6-2-4-7-5-3-6/h4,9-12,17-18H,5-8H2,1-3H3,(H,27,30);6H,2-5H2,1H3. The number of ether oxygens (including phenoxy) is 1. The Bertz CT molecular complexity index is 1170. The molecule has 4 rings (SSSR count). The lowest BCUT2D eigenvalue weighted by atomic mass is 9.89. The summed E-state index contributed by atoms with van der Waals surface area (Å²) in [6.45, 7) is 5.23. The van der Waals surface area contributed by atoms with Crippen LogP contribution in [0.1, 0.15) is 78.8 Å². The summed E-state index contributed by atoms with van der Waals surface area (Å²) in [6, 6.07) is 4.53. The highest BCUT2D eigenvalue weighted by Crippen LogP contribution is 2.26. The molecule has 1 saturated heterocycles. The van der Waals surface area contributed by atoms with Gasteiger partial charge >= 0.3 is 0 Å². The number of rotatable bonds is 5. The van der Waals surface area contributed by atoms with Gasteiger partial charge in [0.25, 0.3) is 11.8 Å². The van der Waals surface area contributed by atoms with Crippen LogP contribution in [0.25, 0.3) is 0 Å². The Morgan fingerprint density at radius 3 is 2.26 bits per heavy atom. The van der Waals surface area contributed by atoms with Crippen LogP contribution in [0.5, 0.6) is 5.75 Å². The number of hydrogen-bond acceptors (Lipinski definition) is 6. The number of benzene rings is 1. The number of amides is 3. The summed E-state index contributed by atoms with van der Waals surface area (Å²) in [7, 11) is 1.35. The number of imide groups is 1. The molecule has 7 nitrogen and oxygen atoms in total. The van der Waals surface area contributed by atoms with Crippen molar-refractivity contribution >= 4 is 29.5 Å². The first-order chi connectivity index (χ1) is 18.6. The number of nitrogens with one attached hydrogen (secondary N) is 1. The molecule has 10 heteroatoms. The summed E-state index contributed by atoms with van der Waals surface area (Å²) >= 11 is 2.10. The van der Waals surface area contributed by atoms with Gasteiger partial charge < -0.3 is 10.1 Å². The molecule has 1 aromatic heterocycles. The molecule has 1 saturated carbocycles. The summed E-state index contributed by atoms with van der Waals surface area (Å²) < 4.78 is 32.3. The molecule has 1 aromatic carbocycles. The number of thioether (sulfide) groups is 1. The van der Waals surface area contributed by atoms with Crippen LogP contribution in [-0.4, -0.2) is 58.3 Å². The molecule has 3 amide bonds. The van der Waals surface area contributed by atoms with Gasteiger partial charge in [0.1, 0.15) is 5.82 Å². The Labute approximate surface area is 233 Å². The summed E-state index contributed by atoms with van der Waals surface area (Å²) in [5, 5.41) is 2.87. The third-order valence-electron chi connectivity index (χ3n) is 7.16. The van der Waals surface area contributed by atoms with Gasteiger partial charge in [-0.3, -0.25) is 24.3 Å². The van der Waals surface area contributed by atoms with Crippen LogP contribution in [0, 0.1) is 24.5 Å². The van der Waals surface area contributed by atoms with E-state index in [2.05, 4.69) is 29.0 Å². The topological polar surface area (TPSA) is 88.6 Å². The molecule has 0 spiro atoms. The highest BCUT2D eigenvalue weighted by atomic mass is 32.2. The van der Waals surface area contributed by atoms with Gasteiger partial charge in [-0.15, -0.1) is 0 Å². The van der Waals surface area contributed by atoms with E-state index in [0.717, 1.165) is 29.1 Å². The Morgan fingerprint density at radius 2 is 1.72 bits per heavy atom. The predicted molar refractivity (Wildman–Crippen MR) is 148 cm³/mol. The zero-order chi connectivity index (χ0) is 28.5. The van der Waals surface area contributed by atoms with E-state index < -0.39 is 29.4 Å². The van der Waals surface area contributed by atoms with Crippen molar-refractivity contribution in [2.45, 2.75) is 71.4 Å². The third kappa shape index (κ3) is 8.49. The van der Waals surface area contributed by atoms with E-state index >= 15 is 0 Å².